The summed E-state index contributed by atoms with van der Waals surface area (Å²) in [6.45, 7) is 0. The first-order valence-corrected chi connectivity index (χ1v) is 7.09. The van der Waals surface area contributed by atoms with Crippen molar-refractivity contribution in [3.05, 3.63) is 53.1 Å². The summed E-state index contributed by atoms with van der Waals surface area (Å²) in [6, 6.07) is 11.1. The quantitative estimate of drug-likeness (QED) is 0.625. The van der Waals surface area contributed by atoms with Gasteiger partial charge in [-0.2, -0.15) is 0 Å². The lowest BCUT2D eigenvalue weighted by atomic mass is 10.0. The lowest BCUT2D eigenvalue weighted by Gasteiger charge is -2.11. The second-order valence-electron chi connectivity index (χ2n) is 4.02. The molecule has 0 heterocycles. The van der Waals surface area contributed by atoms with Gasteiger partial charge in [-0.05, 0) is 29.3 Å². The number of alkyl halides is 4. The molecule has 20 heavy (non-hydrogen) atoms. The Morgan fingerprint density at radius 2 is 1.85 bits per heavy atom. The SMILES string of the molecule is FC(F)(F)Oc1cccc(-c2ccc(CBr)cc2Cl)c1. The Bertz CT molecular complexity index is 614. The summed E-state index contributed by atoms with van der Waals surface area (Å²) in [5.41, 5.74) is 2.21. The highest BCUT2D eigenvalue weighted by atomic mass is 79.9. The van der Waals surface area contributed by atoms with Crippen molar-refractivity contribution in [3.8, 4) is 16.9 Å². The van der Waals surface area contributed by atoms with Crippen LogP contribution in [-0.2, 0) is 5.33 Å². The van der Waals surface area contributed by atoms with E-state index in [1.54, 1.807) is 18.2 Å². The first kappa shape index (κ1) is 15.2. The third-order valence-electron chi connectivity index (χ3n) is 2.57. The molecule has 2 rings (SSSR count). The van der Waals surface area contributed by atoms with E-state index in [0.717, 1.165) is 5.56 Å². The van der Waals surface area contributed by atoms with Crippen LogP contribution in [0.25, 0.3) is 11.1 Å². The molecule has 0 amide bonds. The van der Waals surface area contributed by atoms with Crippen LogP contribution in [0.15, 0.2) is 42.5 Å². The molecule has 0 radical (unpaired) electrons. The molecule has 2 aromatic carbocycles. The van der Waals surface area contributed by atoms with E-state index in [1.165, 1.54) is 18.2 Å². The fourth-order valence-electron chi connectivity index (χ4n) is 1.74. The Hall–Kier alpha value is -1.20. The van der Waals surface area contributed by atoms with Gasteiger partial charge in [0.2, 0.25) is 0 Å². The van der Waals surface area contributed by atoms with Crippen LogP contribution in [0.5, 0.6) is 5.75 Å². The highest BCUT2D eigenvalue weighted by Gasteiger charge is 2.31. The van der Waals surface area contributed by atoms with Gasteiger partial charge < -0.3 is 4.74 Å². The minimum absolute atomic E-state index is 0.268. The summed E-state index contributed by atoms with van der Waals surface area (Å²) in [5, 5.41) is 1.13. The summed E-state index contributed by atoms with van der Waals surface area (Å²) >= 11 is 9.46. The van der Waals surface area contributed by atoms with Gasteiger partial charge in [0.25, 0.3) is 0 Å². The van der Waals surface area contributed by atoms with Gasteiger partial charge in [-0.15, -0.1) is 13.2 Å². The molecule has 0 saturated heterocycles. The summed E-state index contributed by atoms with van der Waals surface area (Å²) in [4.78, 5) is 0. The molecule has 0 aliphatic rings. The molecule has 6 heteroatoms. The van der Waals surface area contributed by atoms with Crippen LogP contribution >= 0.6 is 27.5 Å². The second-order valence-corrected chi connectivity index (χ2v) is 4.99. The number of ether oxygens (including phenoxy) is 1. The Morgan fingerprint density at radius 1 is 1.10 bits per heavy atom. The van der Waals surface area contributed by atoms with Crippen molar-refractivity contribution in [2.45, 2.75) is 11.7 Å². The molecular weight excluding hydrogens is 357 g/mol. The minimum atomic E-state index is -4.71. The number of rotatable bonds is 3. The van der Waals surface area contributed by atoms with Gasteiger partial charge in [0.1, 0.15) is 5.75 Å². The van der Waals surface area contributed by atoms with Crippen molar-refractivity contribution in [2.75, 3.05) is 0 Å². The van der Waals surface area contributed by atoms with E-state index in [2.05, 4.69) is 20.7 Å². The van der Waals surface area contributed by atoms with Gasteiger partial charge in [-0.3, -0.25) is 0 Å². The fraction of sp³-hybridized carbons (Fsp3) is 0.143. The van der Waals surface area contributed by atoms with E-state index >= 15 is 0 Å². The van der Waals surface area contributed by atoms with Crippen molar-refractivity contribution in [1.29, 1.82) is 0 Å². The molecule has 2 aromatic rings. The van der Waals surface area contributed by atoms with Crippen LogP contribution < -0.4 is 4.74 Å². The van der Waals surface area contributed by atoms with Crippen LogP contribution in [-0.4, -0.2) is 6.36 Å². The van der Waals surface area contributed by atoms with Crippen molar-refractivity contribution < 1.29 is 17.9 Å². The zero-order chi connectivity index (χ0) is 14.8. The van der Waals surface area contributed by atoms with Crippen LogP contribution in [0.4, 0.5) is 13.2 Å². The first-order chi connectivity index (χ1) is 9.39. The van der Waals surface area contributed by atoms with Crippen molar-refractivity contribution >= 4 is 27.5 Å². The Kier molecular flexibility index (Phi) is 4.60. The van der Waals surface area contributed by atoms with Crippen LogP contribution in [0.1, 0.15) is 5.56 Å². The number of hydrogen-bond acceptors (Lipinski definition) is 1. The molecule has 1 nitrogen and oxygen atoms in total. The lowest BCUT2D eigenvalue weighted by molar-refractivity contribution is -0.274. The normalized spacial score (nSPS) is 11.4. The van der Waals surface area contributed by atoms with E-state index < -0.39 is 6.36 Å². The van der Waals surface area contributed by atoms with Crippen LogP contribution in [0.2, 0.25) is 5.02 Å². The Morgan fingerprint density at radius 3 is 2.45 bits per heavy atom. The summed E-state index contributed by atoms with van der Waals surface area (Å²) in [7, 11) is 0. The molecule has 0 saturated carbocycles. The standard InChI is InChI=1S/C14H9BrClF3O/c15-8-9-4-5-12(13(16)6-9)10-2-1-3-11(7-10)20-14(17,18)19/h1-7H,8H2. The van der Waals surface area contributed by atoms with Gasteiger partial charge in [-0.25, -0.2) is 0 Å². The van der Waals surface area contributed by atoms with E-state index in [4.69, 9.17) is 11.6 Å². The van der Waals surface area contributed by atoms with E-state index in [9.17, 15) is 13.2 Å². The van der Waals surface area contributed by atoms with Crippen molar-refractivity contribution in [3.63, 3.8) is 0 Å². The molecule has 106 valence electrons. The van der Waals surface area contributed by atoms with Crippen molar-refractivity contribution in [2.24, 2.45) is 0 Å². The molecule has 0 bridgehead atoms. The zero-order valence-corrected chi connectivity index (χ0v) is 12.4. The highest BCUT2D eigenvalue weighted by Crippen LogP contribution is 2.32. The topological polar surface area (TPSA) is 9.23 Å². The van der Waals surface area contributed by atoms with Gasteiger partial charge in [0, 0.05) is 15.9 Å². The summed E-state index contributed by atoms with van der Waals surface area (Å²) in [5.74, 6) is -0.268. The van der Waals surface area contributed by atoms with Crippen LogP contribution in [0, 0.1) is 0 Å². The Balaban J connectivity index is 2.36. The summed E-state index contributed by atoms with van der Waals surface area (Å²) < 4.78 is 40.5. The smallest absolute Gasteiger partial charge is 0.406 e. The van der Waals surface area contributed by atoms with E-state index in [0.29, 0.717) is 21.5 Å². The molecule has 0 spiro atoms. The predicted molar refractivity (Wildman–Crippen MR) is 76.2 cm³/mol. The third kappa shape index (κ3) is 3.90. The van der Waals surface area contributed by atoms with Crippen LogP contribution in [0.3, 0.4) is 0 Å². The minimum Gasteiger partial charge on any atom is -0.406 e. The molecule has 0 N–H and O–H groups in total. The Labute approximate surface area is 127 Å². The number of hydrogen-bond donors (Lipinski definition) is 0. The van der Waals surface area contributed by atoms with E-state index in [-0.39, 0.29) is 5.75 Å². The average Bonchev–Trinajstić information content (AvgIpc) is 2.36. The molecular formula is C14H9BrClF3O. The highest BCUT2D eigenvalue weighted by molar-refractivity contribution is 9.08. The lowest BCUT2D eigenvalue weighted by Crippen LogP contribution is -2.17. The molecule has 0 unspecified atom stereocenters. The first-order valence-electron chi connectivity index (χ1n) is 5.59. The summed E-state index contributed by atoms with van der Waals surface area (Å²) in [6.07, 6.45) is -4.71. The molecule has 0 aromatic heterocycles. The zero-order valence-electron chi connectivity index (χ0n) is 10.0. The largest absolute Gasteiger partial charge is 0.573 e. The maximum Gasteiger partial charge on any atom is 0.573 e. The monoisotopic (exact) mass is 364 g/mol. The van der Waals surface area contributed by atoms with Gasteiger partial charge in [0.15, 0.2) is 0 Å². The van der Waals surface area contributed by atoms with Gasteiger partial charge in [-0.1, -0.05) is 51.8 Å². The maximum absolute atomic E-state index is 12.2. The van der Waals surface area contributed by atoms with Gasteiger partial charge >= 0.3 is 6.36 Å². The number of halogens is 5. The molecule has 0 fully saturated rings. The third-order valence-corrected chi connectivity index (χ3v) is 3.53. The number of benzene rings is 2. The predicted octanol–water partition coefficient (Wildman–Crippen LogP) is 5.80. The molecule has 0 aliphatic carbocycles. The van der Waals surface area contributed by atoms with E-state index in [1.807, 2.05) is 6.07 Å². The maximum atomic E-state index is 12.2. The molecule has 0 aliphatic heterocycles. The van der Waals surface area contributed by atoms with Gasteiger partial charge in [0.05, 0.1) is 0 Å². The second kappa shape index (κ2) is 6.06. The fourth-order valence-corrected chi connectivity index (χ4v) is 2.40. The molecule has 0 atom stereocenters. The average molecular weight is 366 g/mol. The van der Waals surface area contributed by atoms with Crippen molar-refractivity contribution in [1.82, 2.24) is 0 Å².